The molecule has 2 aromatic rings. The van der Waals surface area contributed by atoms with E-state index in [0.717, 1.165) is 30.7 Å². The third-order valence-electron chi connectivity index (χ3n) is 7.00. The fourth-order valence-corrected chi connectivity index (χ4v) is 4.85. The summed E-state index contributed by atoms with van der Waals surface area (Å²) < 4.78 is 0. The summed E-state index contributed by atoms with van der Waals surface area (Å²) in [4.78, 5) is 19.6. The number of rotatable bonds is 11. The predicted octanol–water partition coefficient (Wildman–Crippen LogP) is 6.36. The van der Waals surface area contributed by atoms with Crippen LogP contribution in [0.25, 0.3) is 16.2 Å². The maximum atomic E-state index is 7.90. The van der Waals surface area contributed by atoms with E-state index in [1.54, 1.807) is 0 Å². The van der Waals surface area contributed by atoms with E-state index in [1.165, 1.54) is 24.8 Å². The van der Waals surface area contributed by atoms with Gasteiger partial charge in [-0.1, -0.05) is 76.3 Å². The Morgan fingerprint density at radius 3 is 2.53 bits per heavy atom. The highest BCUT2D eigenvalue weighted by Gasteiger charge is 2.38. The molecule has 1 aromatic heterocycles. The maximum absolute atomic E-state index is 7.90. The Morgan fingerprint density at radius 2 is 1.88 bits per heavy atom. The predicted molar refractivity (Wildman–Crippen MR) is 127 cm³/mol. The lowest BCUT2D eigenvalue weighted by molar-refractivity contribution is -0.296. The number of aromatic amines is 1. The first-order valence-corrected chi connectivity index (χ1v) is 12.1. The van der Waals surface area contributed by atoms with Gasteiger partial charge in [-0.2, -0.15) is 5.10 Å². The molecule has 4 atom stereocenters. The Kier molecular flexibility index (Phi) is 9.25. The highest BCUT2D eigenvalue weighted by molar-refractivity contribution is 5.54. The van der Waals surface area contributed by atoms with E-state index in [-0.39, 0.29) is 18.6 Å². The van der Waals surface area contributed by atoms with Gasteiger partial charge in [-0.05, 0) is 37.5 Å². The highest BCUT2D eigenvalue weighted by atomic mass is 17.2. The van der Waals surface area contributed by atoms with Crippen molar-refractivity contribution in [2.45, 2.75) is 78.2 Å². The molecule has 1 saturated carbocycles. The second kappa shape index (κ2) is 12.1. The normalized spacial score (nSPS) is 22.9. The van der Waals surface area contributed by atoms with Crippen molar-refractivity contribution in [2.75, 3.05) is 13.2 Å². The van der Waals surface area contributed by atoms with E-state index < -0.39 is 0 Å². The molecule has 0 spiro atoms. The number of H-pyrrole nitrogens is 1. The maximum Gasteiger partial charge on any atom is 0.259 e. The van der Waals surface area contributed by atoms with Gasteiger partial charge in [-0.25, -0.2) is 21.3 Å². The third-order valence-corrected chi connectivity index (χ3v) is 7.00. The summed E-state index contributed by atoms with van der Waals surface area (Å²) in [6.07, 6.45) is 6.72. The number of unbranched alkanes of at least 4 members (excludes halogenated alkanes) is 1. The fraction of sp³-hybridized carbons (Fsp3) is 0.654. The van der Waals surface area contributed by atoms with Crippen LogP contribution in [0.4, 0.5) is 0 Å². The largest absolute Gasteiger partial charge is 0.310 e. The molecule has 1 aromatic carbocycles. The van der Waals surface area contributed by atoms with Crippen LogP contribution in [0.3, 0.4) is 0 Å². The van der Waals surface area contributed by atoms with Crippen LogP contribution >= 0.6 is 0 Å². The van der Waals surface area contributed by atoms with Crippen molar-refractivity contribution >= 4 is 0 Å². The summed E-state index contributed by atoms with van der Waals surface area (Å²) >= 11 is 0. The van der Waals surface area contributed by atoms with Crippen molar-refractivity contribution in [2.24, 2.45) is 17.8 Å². The monoisotopic (exact) mass is 438 g/mol. The van der Waals surface area contributed by atoms with Gasteiger partial charge in [-0.15, -0.1) is 0 Å². The number of nitrogens with one attached hydrogen (secondary N) is 1. The van der Waals surface area contributed by atoms with Crippen LogP contribution < -0.4 is 0 Å². The molecule has 0 saturated heterocycles. The average Bonchev–Trinajstić information content (AvgIpc) is 3.27. The van der Waals surface area contributed by atoms with E-state index >= 15 is 0 Å². The summed E-state index contributed by atoms with van der Waals surface area (Å²) in [5.41, 5.74) is 2.19. The third kappa shape index (κ3) is 6.40. The number of nitrogens with zero attached hydrogens (tertiary/aromatic N) is 3. The lowest BCUT2D eigenvalue weighted by Gasteiger charge is -2.36. The van der Waals surface area contributed by atoms with Gasteiger partial charge in [0.05, 0.1) is 12.5 Å². The van der Waals surface area contributed by atoms with Gasteiger partial charge >= 0.3 is 0 Å². The first-order valence-electron chi connectivity index (χ1n) is 12.1. The van der Waals surface area contributed by atoms with Gasteiger partial charge in [0.2, 0.25) is 0 Å². The van der Waals surface area contributed by atoms with Gasteiger partial charge in [-0.3, -0.25) is 5.10 Å². The molecule has 1 fully saturated rings. The molecule has 0 bridgehead atoms. The summed E-state index contributed by atoms with van der Waals surface area (Å²) in [5, 5.41) is 7.66. The number of hydrogen-bond donors (Lipinski definition) is 1. The molecular formula is C26H38N4O2. The fourth-order valence-electron chi connectivity index (χ4n) is 4.85. The molecule has 32 heavy (non-hydrogen) atoms. The molecule has 6 nitrogen and oxygen atoms in total. The van der Waals surface area contributed by atoms with Crippen molar-refractivity contribution in [1.82, 2.24) is 15.2 Å². The minimum absolute atomic E-state index is 0.0676. The SMILES string of the molecule is [C-]#[N+]C(COOCCCC)C(CC1C(C)CCCC1C)c1nc(-c2ccc(C)cc2)n[nH]1. The Balaban J connectivity index is 1.81. The number of benzene rings is 1. The zero-order valence-corrected chi connectivity index (χ0v) is 20.0. The zero-order chi connectivity index (χ0) is 22.9. The molecule has 0 aliphatic heterocycles. The molecule has 1 aliphatic carbocycles. The molecule has 0 radical (unpaired) electrons. The molecule has 174 valence electrons. The van der Waals surface area contributed by atoms with Crippen molar-refractivity contribution in [1.29, 1.82) is 0 Å². The van der Waals surface area contributed by atoms with Gasteiger partial charge in [0.15, 0.2) is 12.4 Å². The van der Waals surface area contributed by atoms with Crippen LogP contribution in [0.5, 0.6) is 0 Å². The number of aryl methyl sites for hydroxylation is 1. The first kappa shape index (κ1) is 24.4. The second-order valence-corrected chi connectivity index (χ2v) is 9.46. The van der Waals surface area contributed by atoms with Crippen LogP contribution in [-0.2, 0) is 9.78 Å². The van der Waals surface area contributed by atoms with Crippen LogP contribution in [0.2, 0.25) is 0 Å². The lowest BCUT2D eigenvalue weighted by atomic mass is 9.69. The Hall–Kier alpha value is -2.23. The van der Waals surface area contributed by atoms with Crippen molar-refractivity contribution in [3.63, 3.8) is 0 Å². The van der Waals surface area contributed by atoms with Crippen LogP contribution in [0.1, 0.15) is 76.6 Å². The van der Waals surface area contributed by atoms with Gasteiger partial charge in [0.25, 0.3) is 6.04 Å². The molecule has 1 N–H and O–H groups in total. The molecule has 4 unspecified atom stereocenters. The van der Waals surface area contributed by atoms with E-state index in [2.05, 4.69) is 54.9 Å². The smallest absolute Gasteiger partial charge is 0.259 e. The molecule has 1 aliphatic rings. The van der Waals surface area contributed by atoms with E-state index in [1.807, 2.05) is 12.1 Å². The lowest BCUT2D eigenvalue weighted by Crippen LogP contribution is -2.31. The Bertz CT molecular complexity index is 847. The molecule has 1 heterocycles. The van der Waals surface area contributed by atoms with Crippen molar-refractivity contribution in [3.8, 4) is 11.4 Å². The zero-order valence-electron chi connectivity index (χ0n) is 20.0. The van der Waals surface area contributed by atoms with Crippen LogP contribution in [-0.4, -0.2) is 34.4 Å². The molecule has 6 heteroatoms. The van der Waals surface area contributed by atoms with Crippen LogP contribution in [0, 0.1) is 31.2 Å². The van der Waals surface area contributed by atoms with Gasteiger partial charge < -0.3 is 4.85 Å². The number of hydrogen-bond acceptors (Lipinski definition) is 4. The summed E-state index contributed by atoms with van der Waals surface area (Å²) in [6.45, 7) is 17.6. The van der Waals surface area contributed by atoms with Crippen LogP contribution in [0.15, 0.2) is 24.3 Å². The summed E-state index contributed by atoms with van der Waals surface area (Å²) in [5.74, 6) is 3.25. The minimum atomic E-state index is -0.364. The van der Waals surface area contributed by atoms with E-state index in [0.29, 0.717) is 30.2 Å². The van der Waals surface area contributed by atoms with Gasteiger partial charge in [0, 0.05) is 5.56 Å². The van der Waals surface area contributed by atoms with Crippen molar-refractivity contribution < 1.29 is 9.78 Å². The second-order valence-electron chi connectivity index (χ2n) is 9.46. The van der Waals surface area contributed by atoms with E-state index in [4.69, 9.17) is 21.3 Å². The highest BCUT2D eigenvalue weighted by Crippen LogP contribution is 2.41. The van der Waals surface area contributed by atoms with Gasteiger partial charge in [0.1, 0.15) is 5.82 Å². The topological polar surface area (TPSA) is 64.4 Å². The first-order chi connectivity index (χ1) is 15.5. The standard InChI is InChI=1S/C26H38N4O2/c1-6-7-15-31-32-17-24(27-5)23(16-22-19(3)9-8-10-20(22)4)26-28-25(29-30-26)21-13-11-18(2)12-14-21/h11-14,19-20,22-24H,6-10,15-17H2,1-4H3,(H,28,29,30). The molecule has 3 rings (SSSR count). The van der Waals surface area contributed by atoms with Crippen molar-refractivity contribution in [3.05, 3.63) is 47.1 Å². The van der Waals surface area contributed by atoms with E-state index in [9.17, 15) is 0 Å². The molecule has 0 amide bonds. The number of aromatic nitrogens is 3. The summed E-state index contributed by atoms with van der Waals surface area (Å²) in [7, 11) is 0. The quantitative estimate of drug-likeness (QED) is 0.192. The molecular weight excluding hydrogens is 400 g/mol. The Morgan fingerprint density at radius 1 is 1.16 bits per heavy atom. The Labute approximate surface area is 192 Å². The minimum Gasteiger partial charge on any atom is -0.310 e. The average molecular weight is 439 g/mol. The summed E-state index contributed by atoms with van der Waals surface area (Å²) in [6, 6.07) is 7.85.